The van der Waals surface area contributed by atoms with Crippen molar-refractivity contribution in [3.63, 3.8) is 0 Å². The first-order valence-corrected chi connectivity index (χ1v) is 16.4. The Balaban J connectivity index is 1.68. The van der Waals surface area contributed by atoms with Crippen LogP contribution in [-0.2, 0) is 42.9 Å². The number of hydrogen-bond donors (Lipinski definition) is 1. The largest absolute Gasteiger partial charge is 0.472 e. The lowest BCUT2D eigenvalue weighted by Crippen LogP contribution is -2.70. The van der Waals surface area contributed by atoms with Crippen LogP contribution in [-0.4, -0.2) is 59.2 Å². The fourth-order valence-corrected chi connectivity index (χ4v) is 9.56. The molecule has 254 valence electrons. The van der Waals surface area contributed by atoms with Crippen LogP contribution in [0.3, 0.4) is 0 Å². The number of esters is 4. The molecule has 4 aliphatic carbocycles. The Hall–Kier alpha value is -3.73. The van der Waals surface area contributed by atoms with Crippen molar-refractivity contribution >= 4 is 29.7 Å². The van der Waals surface area contributed by atoms with Crippen LogP contribution in [0.4, 0.5) is 0 Å². The van der Waals surface area contributed by atoms with Gasteiger partial charge in [0.15, 0.2) is 6.10 Å². The summed E-state index contributed by atoms with van der Waals surface area (Å²) in [6.07, 6.45) is 2.92. The SMILES string of the molecule is CCC(C)C(=O)OC1C(=O)C2(OC(=O)C(C)C)C3=C(CCC4(C)C3=CC(=O)OC4c3ccoc3)C3(C)C(CC(=O)OC)C1(C)CC23O. The molecule has 9 unspecified atom stereocenters. The predicted octanol–water partition coefficient (Wildman–Crippen LogP) is 4.72. The Morgan fingerprint density at radius 2 is 1.81 bits per heavy atom. The van der Waals surface area contributed by atoms with E-state index < -0.39 is 87.1 Å². The summed E-state index contributed by atoms with van der Waals surface area (Å²) < 4.78 is 28.8. The first-order valence-electron chi connectivity index (χ1n) is 16.4. The summed E-state index contributed by atoms with van der Waals surface area (Å²) in [5, 5.41) is 13.3. The van der Waals surface area contributed by atoms with Gasteiger partial charge in [0.05, 0.1) is 31.5 Å². The standard InChI is InChI=1S/C36H44O11/c1-9-19(4)31(41)46-29-27(39)36(47-30(40)18(2)3)26-21(34(7)23(15-24(37)43-8)33(29,6)17-35(34,36)42)10-12-32(5)22(26)14-25(38)45-28(32)20-11-13-44-16-20/h11,13-14,16,18-19,23,28-29,42H,9-10,12,15,17H2,1-8H3. The van der Waals surface area contributed by atoms with E-state index in [0.717, 1.165) is 0 Å². The number of carbonyl (C=O) groups excluding carboxylic acids is 5. The molecule has 5 aliphatic rings. The third-order valence-electron chi connectivity index (χ3n) is 12.3. The van der Waals surface area contributed by atoms with Crippen molar-refractivity contribution < 1.29 is 52.4 Å². The number of furan rings is 1. The average Bonchev–Trinajstić information content (AvgIpc) is 3.65. The second kappa shape index (κ2) is 10.6. The lowest BCUT2D eigenvalue weighted by Gasteiger charge is -2.53. The Bertz CT molecular complexity index is 1620. The van der Waals surface area contributed by atoms with Gasteiger partial charge < -0.3 is 28.5 Å². The first kappa shape index (κ1) is 33.2. The highest BCUT2D eigenvalue weighted by Gasteiger charge is 2.88. The zero-order valence-electron chi connectivity index (χ0n) is 28.3. The Morgan fingerprint density at radius 1 is 1.11 bits per heavy atom. The summed E-state index contributed by atoms with van der Waals surface area (Å²) in [6.45, 7) is 12.2. The number of carbonyl (C=O) groups is 5. The summed E-state index contributed by atoms with van der Waals surface area (Å²) in [7, 11) is 1.27. The number of methoxy groups -OCH3 is 1. The van der Waals surface area contributed by atoms with Crippen LogP contribution in [0.25, 0.3) is 0 Å². The molecule has 0 saturated heterocycles. The van der Waals surface area contributed by atoms with Crippen molar-refractivity contribution in [3.8, 4) is 0 Å². The number of ether oxygens (including phenoxy) is 4. The molecular weight excluding hydrogens is 608 g/mol. The van der Waals surface area contributed by atoms with E-state index in [9.17, 15) is 24.3 Å². The molecule has 2 bridgehead atoms. The molecule has 1 aromatic rings. The molecule has 1 aliphatic heterocycles. The fraction of sp³-hybridized carbons (Fsp3) is 0.639. The van der Waals surface area contributed by atoms with Gasteiger partial charge in [-0.05, 0) is 43.2 Å². The van der Waals surface area contributed by atoms with Crippen molar-refractivity contribution in [2.24, 2.45) is 34.0 Å². The molecule has 9 atom stereocenters. The monoisotopic (exact) mass is 652 g/mol. The van der Waals surface area contributed by atoms with E-state index in [1.807, 2.05) is 13.8 Å². The highest BCUT2D eigenvalue weighted by atomic mass is 16.6. The average molecular weight is 653 g/mol. The van der Waals surface area contributed by atoms with E-state index >= 15 is 4.79 Å². The quantitative estimate of drug-likeness (QED) is 0.306. The number of aliphatic hydroxyl groups is 1. The van der Waals surface area contributed by atoms with Gasteiger partial charge >= 0.3 is 23.9 Å². The fourth-order valence-electron chi connectivity index (χ4n) is 9.56. The second-order valence-corrected chi connectivity index (χ2v) is 15.0. The minimum atomic E-state index is -2.35. The predicted molar refractivity (Wildman–Crippen MR) is 164 cm³/mol. The van der Waals surface area contributed by atoms with Crippen molar-refractivity contribution in [2.75, 3.05) is 7.11 Å². The maximum Gasteiger partial charge on any atom is 0.331 e. The number of hydrogen-bond acceptors (Lipinski definition) is 11. The van der Waals surface area contributed by atoms with Crippen LogP contribution < -0.4 is 0 Å². The third-order valence-corrected chi connectivity index (χ3v) is 12.3. The van der Waals surface area contributed by atoms with Crippen LogP contribution in [0.1, 0.15) is 92.2 Å². The molecule has 0 amide bonds. The Morgan fingerprint density at radius 3 is 2.40 bits per heavy atom. The van der Waals surface area contributed by atoms with Crippen LogP contribution in [0.2, 0.25) is 0 Å². The van der Waals surface area contributed by atoms with Crippen molar-refractivity contribution in [1.29, 1.82) is 0 Å². The molecule has 1 N–H and O–H groups in total. The highest BCUT2D eigenvalue weighted by molar-refractivity contribution is 6.05. The number of cyclic esters (lactones) is 1. The molecule has 0 radical (unpaired) electrons. The van der Waals surface area contributed by atoms with E-state index in [0.29, 0.717) is 36.0 Å². The van der Waals surface area contributed by atoms with E-state index in [4.69, 9.17) is 23.4 Å². The maximum atomic E-state index is 15.4. The molecule has 0 spiro atoms. The minimum Gasteiger partial charge on any atom is -0.472 e. The molecule has 1 aromatic heterocycles. The zero-order valence-corrected chi connectivity index (χ0v) is 28.3. The lowest BCUT2D eigenvalue weighted by atomic mass is 9.55. The van der Waals surface area contributed by atoms with Crippen molar-refractivity contribution in [3.05, 3.63) is 47.0 Å². The van der Waals surface area contributed by atoms with Gasteiger partial charge in [0.25, 0.3) is 0 Å². The summed E-state index contributed by atoms with van der Waals surface area (Å²) >= 11 is 0. The maximum absolute atomic E-state index is 15.4. The van der Waals surface area contributed by atoms with Gasteiger partial charge in [-0.3, -0.25) is 19.2 Å². The molecule has 2 heterocycles. The highest BCUT2D eigenvalue weighted by Crippen LogP contribution is 2.80. The van der Waals surface area contributed by atoms with Crippen LogP contribution in [0.5, 0.6) is 0 Å². The Labute approximate surface area is 274 Å². The van der Waals surface area contributed by atoms with Gasteiger partial charge in [-0.25, -0.2) is 4.79 Å². The van der Waals surface area contributed by atoms with Crippen molar-refractivity contribution in [1.82, 2.24) is 0 Å². The van der Waals surface area contributed by atoms with Crippen LogP contribution in [0, 0.1) is 34.0 Å². The normalized spacial score (nSPS) is 39.1. The van der Waals surface area contributed by atoms with Gasteiger partial charge in [0.2, 0.25) is 11.4 Å². The summed E-state index contributed by atoms with van der Waals surface area (Å²) in [5.74, 6) is -5.39. The smallest absolute Gasteiger partial charge is 0.331 e. The summed E-state index contributed by atoms with van der Waals surface area (Å²) in [4.78, 5) is 69.1. The second-order valence-electron chi connectivity index (χ2n) is 15.0. The number of ketones is 1. The minimum absolute atomic E-state index is 0.125. The van der Waals surface area contributed by atoms with E-state index in [1.165, 1.54) is 25.7 Å². The topological polar surface area (TPSA) is 156 Å². The van der Waals surface area contributed by atoms with Gasteiger partial charge in [-0.2, -0.15) is 0 Å². The Kier molecular flexibility index (Phi) is 7.51. The van der Waals surface area contributed by atoms with Gasteiger partial charge in [-0.1, -0.05) is 54.0 Å². The molecule has 11 heteroatoms. The summed E-state index contributed by atoms with van der Waals surface area (Å²) in [6, 6.07) is 1.71. The number of Topliss-reactive ketones (excluding diaryl/α,β-unsaturated/α-hetero) is 1. The lowest BCUT2D eigenvalue weighted by molar-refractivity contribution is -0.219. The number of rotatable bonds is 8. The van der Waals surface area contributed by atoms with Gasteiger partial charge in [-0.15, -0.1) is 0 Å². The van der Waals surface area contributed by atoms with Crippen molar-refractivity contribution in [2.45, 2.75) is 104 Å². The third kappa shape index (κ3) is 4.04. The first-order chi connectivity index (χ1) is 22.0. The molecular formula is C36H44O11. The molecule has 6 rings (SSSR count). The molecule has 47 heavy (non-hydrogen) atoms. The van der Waals surface area contributed by atoms with E-state index in [-0.39, 0.29) is 18.4 Å². The van der Waals surface area contributed by atoms with Crippen LogP contribution >= 0.6 is 0 Å². The van der Waals surface area contributed by atoms with Crippen LogP contribution in [0.15, 0.2) is 45.8 Å². The zero-order chi connectivity index (χ0) is 34.5. The van der Waals surface area contributed by atoms with E-state index in [1.54, 1.807) is 40.7 Å². The molecule has 2 fully saturated rings. The molecule has 0 aromatic carbocycles. The summed E-state index contributed by atoms with van der Waals surface area (Å²) in [5.41, 5.74) is -6.01. The van der Waals surface area contributed by atoms with Gasteiger partial charge in [0.1, 0.15) is 11.7 Å². The molecule has 11 nitrogen and oxygen atoms in total. The van der Waals surface area contributed by atoms with E-state index in [2.05, 4.69) is 0 Å². The van der Waals surface area contributed by atoms with Gasteiger partial charge in [0, 0.05) is 39.9 Å². The number of fused-ring (bicyclic) bond motifs is 5. The molecule has 2 saturated carbocycles.